The van der Waals surface area contributed by atoms with Gasteiger partial charge in [0.25, 0.3) is 10.0 Å². The third kappa shape index (κ3) is 5.89. The number of nitrogens with one attached hydrogen (secondary N) is 3. The first-order chi connectivity index (χ1) is 19.3. The van der Waals surface area contributed by atoms with Crippen molar-refractivity contribution >= 4 is 44.3 Å². The van der Waals surface area contributed by atoms with Gasteiger partial charge in [-0.05, 0) is 35.4 Å². The third-order valence-corrected chi connectivity index (χ3v) is 8.07. The highest BCUT2D eigenvalue weighted by Gasteiger charge is 2.25. The quantitative estimate of drug-likeness (QED) is 0.275. The summed E-state index contributed by atoms with van der Waals surface area (Å²) >= 11 is 5.81. The SMILES string of the molecule is COc1cccc2c1c(NS(=O)(=O)c1cccc(Cl)c1F)nn2Cc1cccc(CNC(=O)[C@H]2COCCN2)c1. The van der Waals surface area contributed by atoms with Crippen LogP contribution in [-0.4, -0.2) is 57.0 Å². The van der Waals surface area contributed by atoms with Crippen molar-refractivity contribution in [2.75, 3.05) is 31.6 Å². The lowest BCUT2D eigenvalue weighted by Gasteiger charge is -2.22. The Morgan fingerprint density at radius 3 is 2.75 bits per heavy atom. The zero-order valence-corrected chi connectivity index (χ0v) is 23.1. The molecule has 1 amide bonds. The van der Waals surface area contributed by atoms with Crippen molar-refractivity contribution in [3.05, 3.63) is 82.6 Å². The van der Waals surface area contributed by atoms with E-state index in [2.05, 4.69) is 20.5 Å². The molecule has 0 unspecified atom stereocenters. The Kier molecular flexibility index (Phi) is 8.22. The first kappa shape index (κ1) is 27.8. The molecule has 1 aliphatic heterocycles. The van der Waals surface area contributed by atoms with E-state index in [1.807, 2.05) is 24.3 Å². The molecule has 0 saturated carbocycles. The predicted octanol–water partition coefficient (Wildman–Crippen LogP) is 3.29. The first-order valence-electron chi connectivity index (χ1n) is 12.4. The van der Waals surface area contributed by atoms with Gasteiger partial charge in [0.2, 0.25) is 5.91 Å². The molecule has 0 spiro atoms. The van der Waals surface area contributed by atoms with Gasteiger partial charge in [0.15, 0.2) is 11.6 Å². The largest absolute Gasteiger partial charge is 0.496 e. The van der Waals surface area contributed by atoms with Crippen molar-refractivity contribution in [1.82, 2.24) is 20.4 Å². The standard InChI is InChI=1S/C27H27ClFN5O5S/c1-38-22-9-4-8-21-24(22)26(33-40(36,37)23-10-3-7-19(28)25(23)29)32-34(21)15-18-6-2-5-17(13-18)14-31-27(35)20-16-39-12-11-30-20/h2-10,13,20,30H,11-12,14-16H2,1H3,(H,31,35)(H,32,33)/t20-/m1/s1. The fourth-order valence-electron chi connectivity index (χ4n) is 4.49. The lowest BCUT2D eigenvalue weighted by atomic mass is 10.1. The summed E-state index contributed by atoms with van der Waals surface area (Å²) in [5.74, 6) is -0.811. The van der Waals surface area contributed by atoms with Crippen molar-refractivity contribution in [3.63, 3.8) is 0 Å². The number of fused-ring (bicyclic) bond motifs is 1. The number of hydrogen-bond acceptors (Lipinski definition) is 7. The van der Waals surface area contributed by atoms with Crippen LogP contribution in [0, 0.1) is 5.82 Å². The van der Waals surface area contributed by atoms with Crippen LogP contribution in [0.5, 0.6) is 5.75 Å². The average Bonchev–Trinajstić information content (AvgIpc) is 3.30. The summed E-state index contributed by atoms with van der Waals surface area (Å²) in [7, 11) is -2.90. The number of carbonyl (C=O) groups is 1. The molecule has 5 rings (SSSR count). The third-order valence-electron chi connectivity index (χ3n) is 6.43. The number of ether oxygens (including phenoxy) is 2. The van der Waals surface area contributed by atoms with Crippen LogP contribution in [0.1, 0.15) is 11.1 Å². The summed E-state index contributed by atoms with van der Waals surface area (Å²) in [5.41, 5.74) is 2.35. The molecule has 10 nitrogen and oxygen atoms in total. The number of rotatable bonds is 9. The molecule has 0 aliphatic carbocycles. The van der Waals surface area contributed by atoms with E-state index >= 15 is 0 Å². The summed E-state index contributed by atoms with van der Waals surface area (Å²) in [6.07, 6.45) is 0. The fourth-order valence-corrected chi connectivity index (χ4v) is 5.83. The van der Waals surface area contributed by atoms with E-state index in [0.29, 0.717) is 43.0 Å². The van der Waals surface area contributed by atoms with Crippen LogP contribution in [0.25, 0.3) is 10.9 Å². The molecule has 4 aromatic rings. The molecule has 1 aliphatic rings. The maximum Gasteiger partial charge on any atom is 0.266 e. The number of halogens is 2. The lowest BCUT2D eigenvalue weighted by Crippen LogP contribution is -2.51. The number of methoxy groups -OCH3 is 1. The number of anilines is 1. The van der Waals surface area contributed by atoms with Crippen molar-refractivity contribution < 1.29 is 27.1 Å². The molecule has 13 heteroatoms. The maximum atomic E-state index is 14.6. The van der Waals surface area contributed by atoms with E-state index in [0.717, 1.165) is 17.2 Å². The highest BCUT2D eigenvalue weighted by molar-refractivity contribution is 7.92. The molecular formula is C27H27ClFN5O5S. The van der Waals surface area contributed by atoms with E-state index in [1.54, 1.807) is 22.9 Å². The summed E-state index contributed by atoms with van der Waals surface area (Å²) in [4.78, 5) is 11.9. The van der Waals surface area contributed by atoms with Crippen LogP contribution >= 0.6 is 11.6 Å². The second-order valence-electron chi connectivity index (χ2n) is 9.14. The van der Waals surface area contributed by atoms with E-state index < -0.39 is 20.7 Å². The molecule has 0 bridgehead atoms. The van der Waals surface area contributed by atoms with Crippen LogP contribution in [0.15, 0.2) is 65.6 Å². The van der Waals surface area contributed by atoms with Crippen molar-refractivity contribution in [1.29, 1.82) is 0 Å². The number of nitrogens with zero attached hydrogens (tertiary/aromatic N) is 2. The van der Waals surface area contributed by atoms with Crippen LogP contribution in [0.3, 0.4) is 0 Å². The monoisotopic (exact) mass is 587 g/mol. The number of amides is 1. The number of morpholine rings is 1. The average molecular weight is 588 g/mol. The van der Waals surface area contributed by atoms with E-state index in [-0.39, 0.29) is 29.3 Å². The minimum atomic E-state index is -4.37. The van der Waals surface area contributed by atoms with Crippen molar-refractivity contribution in [2.45, 2.75) is 24.0 Å². The Bertz CT molecular complexity index is 1660. The van der Waals surface area contributed by atoms with Crippen molar-refractivity contribution in [2.24, 2.45) is 0 Å². The molecule has 2 heterocycles. The fraction of sp³-hybridized carbons (Fsp3) is 0.259. The second-order valence-corrected chi connectivity index (χ2v) is 11.2. The smallest absolute Gasteiger partial charge is 0.266 e. The maximum absolute atomic E-state index is 14.6. The van der Waals surface area contributed by atoms with Gasteiger partial charge >= 0.3 is 0 Å². The summed E-state index contributed by atoms with van der Waals surface area (Å²) < 4.78 is 55.7. The summed E-state index contributed by atoms with van der Waals surface area (Å²) in [5, 5.41) is 10.7. The molecule has 3 N–H and O–H groups in total. The molecule has 1 fully saturated rings. The molecule has 1 atom stereocenters. The number of benzene rings is 3. The Labute approximate surface area is 235 Å². The molecular weight excluding hydrogens is 561 g/mol. The Morgan fingerprint density at radius 2 is 1.98 bits per heavy atom. The Balaban J connectivity index is 1.41. The minimum absolute atomic E-state index is 0.0163. The number of aromatic nitrogens is 2. The van der Waals surface area contributed by atoms with E-state index in [4.69, 9.17) is 21.1 Å². The van der Waals surface area contributed by atoms with Crippen molar-refractivity contribution in [3.8, 4) is 5.75 Å². The van der Waals surface area contributed by atoms with Gasteiger partial charge < -0.3 is 20.1 Å². The zero-order valence-electron chi connectivity index (χ0n) is 21.5. The van der Waals surface area contributed by atoms with Gasteiger partial charge in [-0.2, -0.15) is 5.10 Å². The Morgan fingerprint density at radius 1 is 1.20 bits per heavy atom. The van der Waals surface area contributed by atoms with Crippen LogP contribution < -0.4 is 20.1 Å². The predicted molar refractivity (Wildman–Crippen MR) is 149 cm³/mol. The topological polar surface area (TPSA) is 124 Å². The van der Waals surface area contributed by atoms with Gasteiger partial charge in [0.1, 0.15) is 16.7 Å². The van der Waals surface area contributed by atoms with Gasteiger partial charge in [-0.25, -0.2) is 12.8 Å². The molecule has 1 aromatic heterocycles. The summed E-state index contributed by atoms with van der Waals surface area (Å²) in [6, 6.07) is 16.2. The van der Waals surface area contributed by atoms with Gasteiger partial charge in [-0.1, -0.05) is 48.0 Å². The Hall–Kier alpha value is -3.71. The van der Waals surface area contributed by atoms with Crippen LogP contribution in [0.4, 0.5) is 10.2 Å². The molecule has 210 valence electrons. The van der Waals surface area contributed by atoms with E-state index in [9.17, 15) is 17.6 Å². The first-order valence-corrected chi connectivity index (χ1v) is 14.3. The van der Waals surface area contributed by atoms with Gasteiger partial charge in [0.05, 0.1) is 42.8 Å². The molecule has 1 saturated heterocycles. The summed E-state index contributed by atoms with van der Waals surface area (Å²) in [6.45, 7) is 2.16. The second kappa shape index (κ2) is 11.8. The highest BCUT2D eigenvalue weighted by Crippen LogP contribution is 2.34. The van der Waals surface area contributed by atoms with E-state index in [1.165, 1.54) is 19.2 Å². The van der Waals surface area contributed by atoms with Gasteiger partial charge in [0, 0.05) is 13.1 Å². The van der Waals surface area contributed by atoms with Gasteiger partial charge in [-0.15, -0.1) is 0 Å². The number of sulfonamides is 1. The molecule has 0 radical (unpaired) electrons. The van der Waals surface area contributed by atoms with Gasteiger partial charge in [-0.3, -0.25) is 14.2 Å². The van der Waals surface area contributed by atoms with Crippen LogP contribution in [0.2, 0.25) is 5.02 Å². The van der Waals surface area contributed by atoms with Crippen LogP contribution in [-0.2, 0) is 32.6 Å². The molecule has 40 heavy (non-hydrogen) atoms. The lowest BCUT2D eigenvalue weighted by molar-refractivity contribution is -0.126. The number of carbonyl (C=O) groups excluding carboxylic acids is 1. The minimum Gasteiger partial charge on any atom is -0.496 e. The highest BCUT2D eigenvalue weighted by atomic mass is 35.5. The number of hydrogen-bond donors (Lipinski definition) is 3. The molecule has 3 aromatic carbocycles. The normalized spacial score (nSPS) is 15.6. The zero-order chi connectivity index (χ0) is 28.3.